The first-order valence-electron chi connectivity index (χ1n) is 23.6. The fraction of sp³-hybridized carbons (Fsp3) is 0.471. The van der Waals surface area contributed by atoms with Gasteiger partial charge in [0.2, 0.25) is 5.91 Å². The normalized spacial score (nSPS) is 17.9. The van der Waals surface area contributed by atoms with Crippen LogP contribution in [-0.2, 0) is 16.0 Å². The van der Waals surface area contributed by atoms with Crippen LogP contribution < -0.4 is 15.5 Å². The fourth-order valence-corrected chi connectivity index (χ4v) is 9.82. The summed E-state index contributed by atoms with van der Waals surface area (Å²) in [5.74, 6) is -1.40. The number of aromatic nitrogens is 3. The van der Waals surface area contributed by atoms with Crippen molar-refractivity contribution in [2.45, 2.75) is 83.4 Å². The van der Waals surface area contributed by atoms with Crippen LogP contribution in [0.25, 0.3) is 22.2 Å². The van der Waals surface area contributed by atoms with Gasteiger partial charge in [0.1, 0.15) is 46.1 Å². The molecule has 0 spiro atoms. The second kappa shape index (κ2) is 20.7. The number of rotatable bonds is 13. The molecule has 0 unspecified atom stereocenters. The monoisotopic (exact) mass is 937 g/mol. The molecule has 3 aliphatic heterocycles. The molecule has 0 aliphatic carbocycles. The van der Waals surface area contributed by atoms with Gasteiger partial charge in [-0.05, 0) is 118 Å². The molecule has 1 atom stereocenters. The summed E-state index contributed by atoms with van der Waals surface area (Å²) in [6.45, 7) is 14.4. The number of fused-ring (bicyclic) bond motifs is 1. The Morgan fingerprint density at radius 1 is 0.881 bits per heavy atom. The van der Waals surface area contributed by atoms with E-state index in [4.69, 9.17) is 16.3 Å². The van der Waals surface area contributed by atoms with Crippen molar-refractivity contribution < 1.29 is 27.9 Å². The van der Waals surface area contributed by atoms with E-state index in [1.165, 1.54) is 18.5 Å². The van der Waals surface area contributed by atoms with Gasteiger partial charge in [-0.15, -0.1) is 0 Å². The number of alkyl carbamates (subject to hydrolysis) is 1. The zero-order valence-electron chi connectivity index (χ0n) is 38.9. The number of nitrogens with one attached hydrogen (secondary N) is 3. The third-order valence-electron chi connectivity index (χ3n) is 13.5. The molecule has 3 amide bonds. The predicted octanol–water partition coefficient (Wildman–Crippen LogP) is 8.40. The molecule has 5 aromatic rings. The number of nitrogens with zero attached hydrogens (tertiary/aromatic N) is 6. The van der Waals surface area contributed by atoms with Crippen LogP contribution in [0, 0.1) is 17.6 Å². The number of piperidine rings is 2. The molecule has 16 heteroatoms. The Kier molecular flexibility index (Phi) is 14.8. The van der Waals surface area contributed by atoms with Crippen molar-refractivity contribution in [2.75, 3.05) is 70.3 Å². The SMILES string of the molecule is CCc1cccc(-c2cc(F)c(C(=O)N3CCC(CN4CCN(CC[C@H](NC(=O)C5(NC(=O)OC(C)(C)C)CCN(c6ncnc7[nH]ccc67)CC5)c5ccc(Cl)cc5)CC4)CC3)c(F)c2)c1. The Hall–Kier alpha value is -5.64. The molecule has 2 aromatic heterocycles. The molecule has 13 nitrogen and oxygen atoms in total. The van der Waals surface area contributed by atoms with Crippen molar-refractivity contribution in [3.63, 3.8) is 0 Å². The number of halogens is 3. The highest BCUT2D eigenvalue weighted by Crippen LogP contribution is 2.32. The lowest BCUT2D eigenvalue weighted by Gasteiger charge is -2.42. The van der Waals surface area contributed by atoms with Crippen LogP contribution >= 0.6 is 11.6 Å². The van der Waals surface area contributed by atoms with Crippen molar-refractivity contribution in [3.05, 3.63) is 113 Å². The lowest BCUT2D eigenvalue weighted by molar-refractivity contribution is -0.129. The Balaban J connectivity index is 0.852. The summed E-state index contributed by atoms with van der Waals surface area (Å²) < 4.78 is 36.4. The molecule has 3 aliphatic rings. The lowest BCUT2D eigenvalue weighted by atomic mass is 9.85. The van der Waals surface area contributed by atoms with E-state index in [2.05, 4.69) is 40.3 Å². The fourth-order valence-electron chi connectivity index (χ4n) is 9.70. The Bertz CT molecular complexity index is 2500. The number of hydrogen-bond acceptors (Lipinski definition) is 9. The van der Waals surface area contributed by atoms with Gasteiger partial charge >= 0.3 is 6.09 Å². The zero-order valence-corrected chi connectivity index (χ0v) is 39.7. The average Bonchev–Trinajstić information content (AvgIpc) is 3.80. The number of hydrogen-bond donors (Lipinski definition) is 3. The van der Waals surface area contributed by atoms with Crippen LogP contribution in [0.2, 0.25) is 5.02 Å². The molecule has 3 aromatic carbocycles. The average molecular weight is 939 g/mol. The van der Waals surface area contributed by atoms with E-state index in [1.54, 1.807) is 25.7 Å². The van der Waals surface area contributed by atoms with E-state index in [-0.39, 0.29) is 11.9 Å². The molecule has 3 saturated heterocycles. The number of aromatic amines is 1. The molecule has 0 bridgehead atoms. The lowest BCUT2D eigenvalue weighted by Crippen LogP contribution is -2.64. The maximum Gasteiger partial charge on any atom is 0.408 e. The Labute approximate surface area is 396 Å². The first-order chi connectivity index (χ1) is 32.2. The van der Waals surface area contributed by atoms with Crippen LogP contribution in [0.1, 0.15) is 87.3 Å². The number of piperazine rings is 1. The minimum atomic E-state index is -1.23. The summed E-state index contributed by atoms with van der Waals surface area (Å²) in [6, 6.07) is 19.2. The maximum atomic E-state index is 15.4. The number of benzene rings is 3. The number of carbonyl (C=O) groups excluding carboxylic acids is 3. The van der Waals surface area contributed by atoms with E-state index in [0.717, 1.165) is 92.1 Å². The summed E-state index contributed by atoms with van der Waals surface area (Å²) in [5.41, 5.74) is 1.38. The maximum absolute atomic E-state index is 15.4. The van der Waals surface area contributed by atoms with Crippen LogP contribution in [-0.4, -0.2) is 124 Å². The van der Waals surface area contributed by atoms with E-state index >= 15 is 8.78 Å². The van der Waals surface area contributed by atoms with E-state index < -0.39 is 40.3 Å². The second-order valence-electron chi connectivity index (χ2n) is 19.2. The Morgan fingerprint density at radius 3 is 2.24 bits per heavy atom. The van der Waals surface area contributed by atoms with Gasteiger partial charge in [0.25, 0.3) is 5.91 Å². The molecule has 67 heavy (non-hydrogen) atoms. The molecule has 356 valence electrons. The molecule has 3 N–H and O–H groups in total. The van der Waals surface area contributed by atoms with Crippen LogP contribution in [0.5, 0.6) is 0 Å². The van der Waals surface area contributed by atoms with E-state index in [0.29, 0.717) is 61.9 Å². The highest BCUT2D eigenvalue weighted by atomic mass is 35.5. The molecule has 3 fully saturated rings. The number of amides is 3. The molecular weight excluding hydrogens is 876 g/mol. The molecule has 0 saturated carbocycles. The van der Waals surface area contributed by atoms with Crippen LogP contribution in [0.15, 0.2) is 79.3 Å². The summed E-state index contributed by atoms with van der Waals surface area (Å²) >= 11 is 6.32. The quantitative estimate of drug-likeness (QED) is 0.106. The third-order valence-corrected chi connectivity index (χ3v) is 13.8. The summed E-state index contributed by atoms with van der Waals surface area (Å²) in [4.78, 5) is 62.1. The smallest absolute Gasteiger partial charge is 0.408 e. The van der Waals surface area contributed by atoms with E-state index in [9.17, 15) is 14.4 Å². The number of aryl methyl sites for hydroxylation is 1. The summed E-state index contributed by atoms with van der Waals surface area (Å²) in [6.07, 6.45) is 6.34. The van der Waals surface area contributed by atoms with Gasteiger partial charge in [-0.2, -0.15) is 0 Å². The van der Waals surface area contributed by atoms with Gasteiger partial charge in [-0.1, -0.05) is 54.9 Å². The standard InChI is InChI=1S/C51H62ClF2N9O4/c1-5-34-7-6-8-37(29-34)38-30-41(53)44(42(54)31-38)47(64)63-21-14-35(15-22-63)32-61-27-25-60(26-28-61)20-16-43(36-9-11-39(52)12-10-36)58-48(65)51(59-49(66)67-50(2,3)4)17-23-62(24-18-51)46-40-13-19-55-45(40)56-33-57-46/h6-13,19,29-31,33,35,43H,5,14-18,20-28,32H2,1-4H3,(H,58,65)(H,59,66)(H,55,56,57)/t43-/m0/s1. The zero-order chi connectivity index (χ0) is 47.3. The number of ether oxygens (including phenoxy) is 1. The van der Waals surface area contributed by atoms with Crippen molar-refractivity contribution >= 4 is 46.4 Å². The Morgan fingerprint density at radius 2 is 1.57 bits per heavy atom. The van der Waals surface area contributed by atoms with Gasteiger partial charge in [-0.25, -0.2) is 23.5 Å². The predicted molar refractivity (Wildman–Crippen MR) is 257 cm³/mol. The highest BCUT2D eigenvalue weighted by molar-refractivity contribution is 6.30. The first kappa shape index (κ1) is 47.8. The molecule has 8 rings (SSSR count). The van der Waals surface area contributed by atoms with Gasteiger partial charge in [0.15, 0.2) is 0 Å². The van der Waals surface area contributed by atoms with Crippen molar-refractivity contribution in [1.82, 2.24) is 40.3 Å². The number of anilines is 1. The van der Waals surface area contributed by atoms with Gasteiger partial charge in [0, 0.05) is 76.7 Å². The van der Waals surface area contributed by atoms with Crippen molar-refractivity contribution in [3.8, 4) is 11.1 Å². The van der Waals surface area contributed by atoms with Crippen LogP contribution in [0.4, 0.5) is 19.4 Å². The number of carbonyl (C=O) groups is 3. The van der Waals surface area contributed by atoms with Gasteiger partial charge < -0.3 is 40.0 Å². The summed E-state index contributed by atoms with van der Waals surface area (Å²) in [7, 11) is 0. The van der Waals surface area contributed by atoms with Crippen LogP contribution in [0.3, 0.4) is 0 Å². The van der Waals surface area contributed by atoms with Crippen molar-refractivity contribution in [2.24, 2.45) is 5.92 Å². The van der Waals surface area contributed by atoms with Gasteiger partial charge in [0.05, 0.1) is 11.4 Å². The number of H-pyrrole nitrogens is 1. The first-order valence-corrected chi connectivity index (χ1v) is 24.0. The molecular formula is C51H62ClF2N9O4. The topological polar surface area (TPSA) is 139 Å². The van der Waals surface area contributed by atoms with Gasteiger partial charge in [-0.3, -0.25) is 9.59 Å². The second-order valence-corrected chi connectivity index (χ2v) is 19.7. The van der Waals surface area contributed by atoms with Crippen molar-refractivity contribution in [1.29, 1.82) is 0 Å². The third kappa shape index (κ3) is 11.6. The summed E-state index contributed by atoms with van der Waals surface area (Å²) in [5, 5.41) is 7.84. The molecule has 0 radical (unpaired) electrons. The highest BCUT2D eigenvalue weighted by Gasteiger charge is 2.45. The minimum absolute atomic E-state index is 0.272. The number of likely N-dealkylation sites (tertiary alicyclic amines) is 1. The molecule has 5 heterocycles. The van der Waals surface area contributed by atoms with E-state index in [1.807, 2.05) is 67.7 Å². The minimum Gasteiger partial charge on any atom is -0.444 e. The largest absolute Gasteiger partial charge is 0.444 e.